The van der Waals surface area contributed by atoms with E-state index in [-0.39, 0.29) is 6.10 Å². The maximum absolute atomic E-state index is 5.64. The van der Waals surface area contributed by atoms with E-state index in [1.807, 2.05) is 45.9 Å². The van der Waals surface area contributed by atoms with Crippen molar-refractivity contribution in [2.45, 2.75) is 40.2 Å². The summed E-state index contributed by atoms with van der Waals surface area (Å²) in [4.78, 5) is 0. The molecule has 2 aromatic carbocycles. The van der Waals surface area contributed by atoms with Crippen molar-refractivity contribution in [2.24, 2.45) is 0 Å². The van der Waals surface area contributed by atoms with Crippen LogP contribution in [0.2, 0.25) is 0 Å². The SMILES string of the molecule is CC.CC.COC1Cc2ccccc2C#Cc2ccccc21. The molecule has 116 valence electrons. The van der Waals surface area contributed by atoms with Gasteiger partial charge in [-0.2, -0.15) is 0 Å². The third-order valence-corrected chi connectivity index (χ3v) is 3.35. The lowest BCUT2D eigenvalue weighted by Gasteiger charge is -2.19. The molecule has 0 aliphatic heterocycles. The normalized spacial score (nSPS) is 14.1. The predicted octanol–water partition coefficient (Wildman–Crippen LogP) is 5.38. The van der Waals surface area contributed by atoms with E-state index in [4.69, 9.17) is 4.74 Å². The Morgan fingerprint density at radius 2 is 1.36 bits per heavy atom. The van der Waals surface area contributed by atoms with Crippen molar-refractivity contribution in [1.29, 1.82) is 0 Å². The fourth-order valence-corrected chi connectivity index (χ4v) is 2.37. The molecule has 1 atom stereocenters. The summed E-state index contributed by atoms with van der Waals surface area (Å²) < 4.78 is 5.64. The van der Waals surface area contributed by atoms with Crippen molar-refractivity contribution in [1.82, 2.24) is 0 Å². The van der Waals surface area contributed by atoms with E-state index in [2.05, 4.69) is 42.2 Å². The summed E-state index contributed by atoms with van der Waals surface area (Å²) in [5, 5.41) is 0. The topological polar surface area (TPSA) is 9.23 Å². The lowest BCUT2D eigenvalue weighted by molar-refractivity contribution is 0.103. The quantitative estimate of drug-likeness (QED) is 0.641. The fraction of sp³-hybridized carbons (Fsp3) is 0.333. The molecule has 3 rings (SSSR count). The van der Waals surface area contributed by atoms with E-state index in [1.54, 1.807) is 7.11 Å². The molecule has 0 amide bonds. The molecule has 0 bridgehead atoms. The first-order chi connectivity index (χ1) is 10.9. The average molecular weight is 294 g/mol. The summed E-state index contributed by atoms with van der Waals surface area (Å²) in [5.74, 6) is 6.52. The van der Waals surface area contributed by atoms with Crippen molar-refractivity contribution >= 4 is 0 Å². The second-order valence-electron chi connectivity index (χ2n) is 4.42. The van der Waals surface area contributed by atoms with Gasteiger partial charge in [-0.25, -0.2) is 0 Å². The molecule has 0 N–H and O–H groups in total. The highest BCUT2D eigenvalue weighted by molar-refractivity contribution is 5.52. The zero-order valence-corrected chi connectivity index (χ0v) is 14.3. The summed E-state index contributed by atoms with van der Waals surface area (Å²) in [5.41, 5.74) is 4.61. The van der Waals surface area contributed by atoms with Crippen LogP contribution >= 0.6 is 0 Å². The van der Waals surface area contributed by atoms with Gasteiger partial charge in [-0.05, 0) is 23.3 Å². The van der Waals surface area contributed by atoms with E-state index in [0.29, 0.717) is 0 Å². The van der Waals surface area contributed by atoms with Crippen molar-refractivity contribution in [3.63, 3.8) is 0 Å². The number of rotatable bonds is 1. The maximum atomic E-state index is 5.64. The molecule has 1 nitrogen and oxygen atoms in total. The Balaban J connectivity index is 0.000000561. The summed E-state index contributed by atoms with van der Waals surface area (Å²) in [6.07, 6.45) is 0.954. The Morgan fingerprint density at radius 3 is 2.05 bits per heavy atom. The fourth-order valence-electron chi connectivity index (χ4n) is 2.37. The minimum absolute atomic E-state index is 0.0805. The Bertz CT molecular complexity index is 632. The lowest BCUT2D eigenvalue weighted by atomic mass is 9.92. The molecule has 0 radical (unpaired) electrons. The smallest absolute Gasteiger partial charge is 0.0873 e. The minimum atomic E-state index is 0.0805. The number of ether oxygens (including phenoxy) is 1. The molecule has 0 spiro atoms. The highest BCUT2D eigenvalue weighted by Gasteiger charge is 2.17. The highest BCUT2D eigenvalue weighted by Crippen LogP contribution is 2.27. The zero-order chi connectivity index (χ0) is 16.4. The summed E-state index contributed by atoms with van der Waals surface area (Å²) in [7, 11) is 1.76. The van der Waals surface area contributed by atoms with Crippen LogP contribution in [0.25, 0.3) is 0 Å². The predicted molar refractivity (Wildman–Crippen MR) is 95.0 cm³/mol. The van der Waals surface area contributed by atoms with Gasteiger partial charge < -0.3 is 4.74 Å². The Morgan fingerprint density at radius 1 is 0.818 bits per heavy atom. The average Bonchev–Trinajstić information content (AvgIpc) is 2.60. The van der Waals surface area contributed by atoms with Gasteiger partial charge >= 0.3 is 0 Å². The first-order valence-electron chi connectivity index (χ1n) is 8.10. The van der Waals surface area contributed by atoms with Gasteiger partial charge in [-0.3, -0.25) is 0 Å². The number of benzene rings is 2. The monoisotopic (exact) mass is 294 g/mol. The maximum Gasteiger partial charge on any atom is 0.0873 e. The van der Waals surface area contributed by atoms with Gasteiger partial charge in [0.1, 0.15) is 0 Å². The molecule has 1 heteroatoms. The van der Waals surface area contributed by atoms with Gasteiger partial charge in [-0.1, -0.05) is 75.9 Å². The van der Waals surface area contributed by atoms with Crippen LogP contribution in [0.4, 0.5) is 0 Å². The van der Waals surface area contributed by atoms with E-state index >= 15 is 0 Å². The van der Waals surface area contributed by atoms with Crippen LogP contribution in [0.5, 0.6) is 0 Å². The molecule has 0 aromatic heterocycles. The van der Waals surface area contributed by atoms with Crippen molar-refractivity contribution in [2.75, 3.05) is 7.11 Å². The molecule has 0 heterocycles. The molecule has 2 aromatic rings. The lowest BCUT2D eigenvalue weighted by Crippen LogP contribution is -2.09. The van der Waals surface area contributed by atoms with Crippen LogP contribution < -0.4 is 0 Å². The van der Waals surface area contributed by atoms with E-state index in [9.17, 15) is 0 Å². The van der Waals surface area contributed by atoms with Gasteiger partial charge in [0.05, 0.1) is 6.10 Å². The van der Waals surface area contributed by atoms with Crippen LogP contribution in [0.15, 0.2) is 48.5 Å². The van der Waals surface area contributed by atoms with Crippen LogP contribution in [0.1, 0.15) is 56.1 Å². The van der Waals surface area contributed by atoms with Gasteiger partial charge in [0.25, 0.3) is 0 Å². The molecule has 0 saturated heterocycles. The van der Waals surface area contributed by atoms with Crippen LogP contribution in [-0.4, -0.2) is 7.11 Å². The Labute approximate surface area is 135 Å². The molecule has 1 aliphatic carbocycles. The molecule has 0 saturated carbocycles. The highest BCUT2D eigenvalue weighted by atomic mass is 16.5. The summed E-state index contributed by atoms with van der Waals surface area (Å²) in [6, 6.07) is 16.5. The van der Waals surface area contributed by atoms with Crippen LogP contribution in [-0.2, 0) is 11.2 Å². The molecule has 1 aliphatic rings. The van der Waals surface area contributed by atoms with Gasteiger partial charge in [-0.15, -0.1) is 0 Å². The van der Waals surface area contributed by atoms with E-state index in [0.717, 1.165) is 17.5 Å². The first kappa shape index (κ1) is 18.0. The molecule has 22 heavy (non-hydrogen) atoms. The number of fused-ring (bicyclic) bond motifs is 2. The largest absolute Gasteiger partial charge is 0.376 e. The standard InChI is InChI=1S/C17H14O.2C2H6/c1-18-17-12-15-8-3-2-6-13(15)10-11-14-7-4-5-9-16(14)17;2*1-2/h2-9,17H,12H2,1H3;2*1-2H3. The molecular formula is C21H26O. The van der Waals surface area contributed by atoms with Gasteiger partial charge in [0.15, 0.2) is 0 Å². The first-order valence-corrected chi connectivity index (χ1v) is 8.10. The van der Waals surface area contributed by atoms with Gasteiger partial charge in [0.2, 0.25) is 0 Å². The van der Waals surface area contributed by atoms with Crippen LogP contribution in [0.3, 0.4) is 0 Å². The van der Waals surface area contributed by atoms with Crippen molar-refractivity contribution < 1.29 is 4.74 Å². The van der Waals surface area contributed by atoms with Gasteiger partial charge in [0, 0.05) is 24.7 Å². The van der Waals surface area contributed by atoms with Crippen molar-refractivity contribution in [3.8, 4) is 11.8 Å². The third kappa shape index (κ3) is 4.23. The van der Waals surface area contributed by atoms with E-state index in [1.165, 1.54) is 11.1 Å². The molecule has 1 unspecified atom stereocenters. The second kappa shape index (κ2) is 9.82. The Kier molecular flexibility index (Phi) is 8.04. The van der Waals surface area contributed by atoms with E-state index < -0.39 is 0 Å². The summed E-state index contributed by atoms with van der Waals surface area (Å²) >= 11 is 0. The third-order valence-electron chi connectivity index (χ3n) is 3.35. The van der Waals surface area contributed by atoms with Crippen molar-refractivity contribution in [3.05, 3.63) is 70.8 Å². The summed E-state index contributed by atoms with van der Waals surface area (Å²) in [6.45, 7) is 8.00. The number of hydrogen-bond donors (Lipinski definition) is 0. The Hall–Kier alpha value is -2.04. The molecular weight excluding hydrogens is 268 g/mol. The second-order valence-corrected chi connectivity index (χ2v) is 4.42. The molecule has 0 fully saturated rings. The zero-order valence-electron chi connectivity index (χ0n) is 14.3. The van der Waals surface area contributed by atoms with Crippen LogP contribution in [0, 0.1) is 11.8 Å². The number of methoxy groups -OCH3 is 1. The number of hydrogen-bond acceptors (Lipinski definition) is 1. The minimum Gasteiger partial charge on any atom is -0.376 e.